The molecule has 0 radical (unpaired) electrons. The molecule has 0 aliphatic carbocycles. The number of benzene rings is 1. The Bertz CT molecular complexity index is 484. The van der Waals surface area contributed by atoms with Crippen molar-refractivity contribution in [2.75, 3.05) is 0 Å². The van der Waals surface area contributed by atoms with Crippen LogP contribution in [0.15, 0.2) is 42.7 Å². The van der Waals surface area contributed by atoms with E-state index in [0.717, 1.165) is 0 Å². The summed E-state index contributed by atoms with van der Waals surface area (Å²) in [5.74, 6) is 0. The Balaban J connectivity index is 2.16. The van der Waals surface area contributed by atoms with E-state index >= 15 is 0 Å². The normalized spacial score (nSPS) is 20.1. The van der Waals surface area contributed by atoms with Crippen LogP contribution in [0.5, 0.6) is 0 Å². The summed E-state index contributed by atoms with van der Waals surface area (Å²) < 4.78 is 0. The fraction of sp³-hybridized carbons (Fsp3) is 0.0909. The van der Waals surface area contributed by atoms with E-state index in [0.29, 0.717) is 0 Å². The number of hydrazine groups is 1. The van der Waals surface area contributed by atoms with Gasteiger partial charge in [0.05, 0.1) is 6.04 Å². The van der Waals surface area contributed by atoms with Gasteiger partial charge in [-0.25, -0.2) is 5.43 Å². The fourth-order valence-corrected chi connectivity index (χ4v) is 1.86. The van der Waals surface area contributed by atoms with Crippen molar-refractivity contribution in [3.63, 3.8) is 0 Å². The van der Waals surface area contributed by atoms with E-state index < -0.39 is 0 Å². The fourth-order valence-electron chi connectivity index (χ4n) is 1.86. The maximum atomic E-state index is 3.26. The Morgan fingerprint density at radius 1 is 1.14 bits per heavy atom. The van der Waals surface area contributed by atoms with E-state index in [-0.39, 0.29) is 6.04 Å². The number of fused-ring (bicyclic) bond motifs is 1. The van der Waals surface area contributed by atoms with Crippen molar-refractivity contribution >= 4 is 10.9 Å². The number of H-pyrrole nitrogens is 1. The van der Waals surface area contributed by atoms with Gasteiger partial charge in [-0.3, -0.25) is 0 Å². The predicted molar refractivity (Wildman–Crippen MR) is 56.5 cm³/mol. The Hall–Kier alpha value is -1.74. The zero-order valence-electron chi connectivity index (χ0n) is 7.62. The van der Waals surface area contributed by atoms with Crippen LogP contribution in [0.3, 0.4) is 0 Å². The molecule has 0 spiro atoms. The summed E-state index contributed by atoms with van der Waals surface area (Å²) in [4.78, 5) is 3.26. The molecule has 2 aromatic rings. The van der Waals surface area contributed by atoms with Gasteiger partial charge in [-0.05, 0) is 12.1 Å². The van der Waals surface area contributed by atoms with Crippen LogP contribution in [0.25, 0.3) is 10.9 Å². The zero-order valence-corrected chi connectivity index (χ0v) is 7.62. The molecular formula is C11H11N3. The molecule has 0 amide bonds. The van der Waals surface area contributed by atoms with Gasteiger partial charge in [0.25, 0.3) is 0 Å². The van der Waals surface area contributed by atoms with Crippen LogP contribution in [0, 0.1) is 0 Å². The molecule has 1 unspecified atom stereocenters. The molecule has 0 fully saturated rings. The van der Waals surface area contributed by atoms with E-state index in [9.17, 15) is 0 Å². The average molecular weight is 185 g/mol. The Morgan fingerprint density at radius 3 is 2.93 bits per heavy atom. The molecule has 1 aromatic carbocycles. The van der Waals surface area contributed by atoms with Crippen molar-refractivity contribution in [3.8, 4) is 0 Å². The molecule has 3 nitrogen and oxygen atoms in total. The summed E-state index contributed by atoms with van der Waals surface area (Å²) in [7, 11) is 0. The van der Waals surface area contributed by atoms with Crippen LogP contribution in [0.2, 0.25) is 0 Å². The first-order valence-corrected chi connectivity index (χ1v) is 4.69. The summed E-state index contributed by atoms with van der Waals surface area (Å²) in [5, 5.41) is 1.28. The summed E-state index contributed by atoms with van der Waals surface area (Å²) in [6.45, 7) is 0. The molecule has 3 rings (SSSR count). The standard InChI is InChI=1S/C11H11N3/c1-2-4-10-8(3-1)9(7-12-10)11-5-6-13-14-11/h1-7,11-14H. The molecule has 14 heavy (non-hydrogen) atoms. The summed E-state index contributed by atoms with van der Waals surface area (Å²) in [6, 6.07) is 8.59. The Kier molecular flexibility index (Phi) is 1.58. The van der Waals surface area contributed by atoms with Gasteiger partial charge in [-0.15, -0.1) is 0 Å². The molecule has 3 N–H and O–H groups in total. The number of aromatic amines is 1. The number of hydrogen-bond acceptors (Lipinski definition) is 2. The van der Waals surface area contributed by atoms with Crippen LogP contribution in [0.4, 0.5) is 0 Å². The lowest BCUT2D eigenvalue weighted by Gasteiger charge is -2.06. The first-order valence-electron chi connectivity index (χ1n) is 4.69. The lowest BCUT2D eigenvalue weighted by Crippen LogP contribution is -2.23. The van der Waals surface area contributed by atoms with E-state index in [2.05, 4.69) is 46.3 Å². The van der Waals surface area contributed by atoms with Gasteiger partial charge in [-0.2, -0.15) is 0 Å². The summed E-state index contributed by atoms with van der Waals surface area (Å²) in [6.07, 6.45) is 6.09. The molecule has 1 aliphatic heterocycles. The van der Waals surface area contributed by atoms with Crippen molar-refractivity contribution in [2.45, 2.75) is 6.04 Å². The van der Waals surface area contributed by atoms with Crippen molar-refractivity contribution < 1.29 is 0 Å². The molecule has 2 heterocycles. The zero-order chi connectivity index (χ0) is 9.38. The van der Waals surface area contributed by atoms with Crippen LogP contribution in [-0.4, -0.2) is 4.98 Å². The third-order valence-corrected chi connectivity index (χ3v) is 2.57. The highest BCUT2D eigenvalue weighted by Crippen LogP contribution is 2.25. The maximum Gasteiger partial charge on any atom is 0.0728 e. The third-order valence-electron chi connectivity index (χ3n) is 2.57. The predicted octanol–water partition coefficient (Wildman–Crippen LogP) is 1.83. The van der Waals surface area contributed by atoms with E-state index in [1.54, 1.807) is 0 Å². The first-order chi connectivity index (χ1) is 6.95. The van der Waals surface area contributed by atoms with Crippen molar-refractivity contribution in [1.29, 1.82) is 0 Å². The molecular weight excluding hydrogens is 174 g/mol. The van der Waals surface area contributed by atoms with Crippen LogP contribution >= 0.6 is 0 Å². The minimum absolute atomic E-state index is 0.270. The number of para-hydroxylation sites is 1. The van der Waals surface area contributed by atoms with Gasteiger partial charge < -0.3 is 10.4 Å². The molecule has 3 heteroatoms. The second-order valence-electron chi connectivity index (χ2n) is 3.42. The number of aromatic nitrogens is 1. The Morgan fingerprint density at radius 2 is 2.07 bits per heavy atom. The molecule has 1 atom stereocenters. The van der Waals surface area contributed by atoms with Gasteiger partial charge in [0, 0.05) is 28.9 Å². The van der Waals surface area contributed by atoms with Crippen LogP contribution < -0.4 is 10.9 Å². The van der Waals surface area contributed by atoms with Gasteiger partial charge in [0.2, 0.25) is 0 Å². The second kappa shape index (κ2) is 2.89. The highest BCUT2D eigenvalue weighted by molar-refractivity contribution is 5.83. The van der Waals surface area contributed by atoms with Gasteiger partial charge in [0.15, 0.2) is 0 Å². The number of rotatable bonds is 1. The average Bonchev–Trinajstić information content (AvgIpc) is 2.85. The van der Waals surface area contributed by atoms with Crippen molar-refractivity contribution in [2.24, 2.45) is 0 Å². The van der Waals surface area contributed by atoms with Gasteiger partial charge in [0.1, 0.15) is 0 Å². The molecule has 0 saturated carbocycles. The summed E-state index contributed by atoms with van der Waals surface area (Å²) in [5.41, 5.74) is 8.62. The van der Waals surface area contributed by atoms with Crippen LogP contribution in [0.1, 0.15) is 11.6 Å². The lowest BCUT2D eigenvalue weighted by atomic mass is 10.1. The van der Waals surface area contributed by atoms with E-state index in [1.165, 1.54) is 16.5 Å². The Labute approximate surface area is 81.8 Å². The highest BCUT2D eigenvalue weighted by Gasteiger charge is 2.14. The first kappa shape index (κ1) is 7.64. The topological polar surface area (TPSA) is 39.9 Å². The molecule has 0 saturated heterocycles. The summed E-state index contributed by atoms with van der Waals surface area (Å²) >= 11 is 0. The number of hydrogen-bond donors (Lipinski definition) is 3. The molecule has 1 aliphatic rings. The maximum absolute atomic E-state index is 3.26. The lowest BCUT2D eigenvalue weighted by molar-refractivity contribution is 0.613. The molecule has 70 valence electrons. The minimum Gasteiger partial charge on any atom is -0.361 e. The van der Waals surface area contributed by atoms with E-state index in [1.807, 2.05) is 12.3 Å². The largest absolute Gasteiger partial charge is 0.361 e. The smallest absolute Gasteiger partial charge is 0.0728 e. The monoisotopic (exact) mass is 185 g/mol. The number of nitrogens with one attached hydrogen (secondary N) is 3. The highest BCUT2D eigenvalue weighted by atomic mass is 15.4. The molecule has 1 aromatic heterocycles. The van der Waals surface area contributed by atoms with Crippen molar-refractivity contribution in [1.82, 2.24) is 15.8 Å². The van der Waals surface area contributed by atoms with E-state index in [4.69, 9.17) is 0 Å². The SMILES string of the molecule is C1=CC(c2c[nH]c3ccccc23)NN1. The molecule has 0 bridgehead atoms. The van der Waals surface area contributed by atoms with Gasteiger partial charge >= 0.3 is 0 Å². The van der Waals surface area contributed by atoms with Gasteiger partial charge in [-0.1, -0.05) is 18.2 Å². The van der Waals surface area contributed by atoms with Crippen molar-refractivity contribution in [3.05, 3.63) is 48.3 Å². The second-order valence-corrected chi connectivity index (χ2v) is 3.42. The minimum atomic E-state index is 0.270. The third kappa shape index (κ3) is 1.03. The van der Waals surface area contributed by atoms with Crippen LogP contribution in [-0.2, 0) is 0 Å². The quantitative estimate of drug-likeness (QED) is 0.634.